The van der Waals surface area contributed by atoms with Crippen LogP contribution in [0.3, 0.4) is 0 Å². The maximum atomic E-state index is 13.1. The Morgan fingerprint density at radius 3 is 2.36 bits per heavy atom. The summed E-state index contributed by atoms with van der Waals surface area (Å²) in [6.45, 7) is 5.87. The average Bonchev–Trinajstić information content (AvgIpc) is 2.79. The molecule has 0 fully saturated rings. The molecule has 0 saturated carbocycles. The Labute approximate surface area is 194 Å². The Morgan fingerprint density at radius 1 is 0.818 bits per heavy atom. The van der Waals surface area contributed by atoms with Crippen LogP contribution in [0, 0.1) is 20.8 Å². The van der Waals surface area contributed by atoms with Crippen molar-refractivity contribution in [1.82, 2.24) is 5.32 Å². The first-order valence-corrected chi connectivity index (χ1v) is 12.2. The molecule has 0 spiro atoms. The van der Waals surface area contributed by atoms with Gasteiger partial charge in [-0.15, -0.1) is 0 Å². The molecule has 0 heterocycles. The van der Waals surface area contributed by atoms with Crippen LogP contribution in [0.4, 0.5) is 5.69 Å². The summed E-state index contributed by atoms with van der Waals surface area (Å²) >= 11 is 0. The third kappa shape index (κ3) is 4.91. The van der Waals surface area contributed by atoms with Crippen molar-refractivity contribution in [1.29, 1.82) is 0 Å². The van der Waals surface area contributed by atoms with E-state index in [1.807, 2.05) is 68.4 Å². The van der Waals surface area contributed by atoms with Crippen LogP contribution in [0.1, 0.15) is 32.6 Å². The first kappa shape index (κ1) is 22.6. The highest BCUT2D eigenvalue weighted by Gasteiger charge is 2.20. The number of hydrogen-bond donors (Lipinski definition) is 2. The smallest absolute Gasteiger partial charge is 0.262 e. The molecule has 4 rings (SSSR count). The molecular weight excluding hydrogens is 432 g/mol. The van der Waals surface area contributed by atoms with E-state index in [1.54, 1.807) is 25.1 Å². The second kappa shape index (κ2) is 9.08. The minimum atomic E-state index is -3.86. The number of nitrogens with one attached hydrogen (secondary N) is 2. The SMILES string of the molecule is Cc1ccc(NS(=O)(=O)c2cc(C(=O)NCc3cccc4ccccc34)ccc2C)c(C)c1. The van der Waals surface area contributed by atoms with Crippen LogP contribution in [0.2, 0.25) is 0 Å². The van der Waals surface area contributed by atoms with Gasteiger partial charge in [0.05, 0.1) is 10.6 Å². The molecule has 0 aromatic heterocycles. The van der Waals surface area contributed by atoms with Gasteiger partial charge in [0.15, 0.2) is 0 Å². The summed E-state index contributed by atoms with van der Waals surface area (Å²) in [7, 11) is -3.86. The van der Waals surface area contributed by atoms with E-state index in [0.717, 1.165) is 27.5 Å². The van der Waals surface area contributed by atoms with Gasteiger partial charge in [-0.1, -0.05) is 66.2 Å². The second-order valence-electron chi connectivity index (χ2n) is 8.23. The zero-order valence-corrected chi connectivity index (χ0v) is 19.7. The number of aryl methyl sites for hydroxylation is 3. The van der Waals surface area contributed by atoms with Crippen LogP contribution in [0.15, 0.2) is 83.8 Å². The molecule has 4 aromatic carbocycles. The molecule has 0 saturated heterocycles. The van der Waals surface area contributed by atoms with Gasteiger partial charge in [0.25, 0.3) is 15.9 Å². The molecule has 0 radical (unpaired) electrons. The third-order valence-corrected chi connectivity index (χ3v) is 7.19. The number of sulfonamides is 1. The molecule has 4 aromatic rings. The molecule has 0 unspecified atom stereocenters. The maximum absolute atomic E-state index is 13.1. The van der Waals surface area contributed by atoms with Crippen LogP contribution in [0.25, 0.3) is 10.8 Å². The normalized spacial score (nSPS) is 11.4. The zero-order chi connectivity index (χ0) is 23.6. The van der Waals surface area contributed by atoms with Crippen LogP contribution in [-0.2, 0) is 16.6 Å². The van der Waals surface area contributed by atoms with E-state index in [2.05, 4.69) is 10.0 Å². The van der Waals surface area contributed by atoms with Crippen molar-refractivity contribution in [3.8, 4) is 0 Å². The fraction of sp³-hybridized carbons (Fsp3) is 0.148. The highest BCUT2D eigenvalue weighted by atomic mass is 32.2. The molecular formula is C27H26N2O3S. The Morgan fingerprint density at radius 2 is 1.58 bits per heavy atom. The lowest BCUT2D eigenvalue weighted by atomic mass is 10.0. The number of hydrogen-bond acceptors (Lipinski definition) is 3. The number of benzene rings is 4. The van der Waals surface area contributed by atoms with Crippen molar-refractivity contribution in [3.63, 3.8) is 0 Å². The largest absolute Gasteiger partial charge is 0.348 e. The van der Waals surface area contributed by atoms with Crippen LogP contribution >= 0.6 is 0 Å². The van der Waals surface area contributed by atoms with E-state index in [-0.39, 0.29) is 10.8 Å². The van der Waals surface area contributed by atoms with Gasteiger partial charge in [-0.05, 0) is 66.4 Å². The molecule has 0 bridgehead atoms. The molecule has 2 N–H and O–H groups in total. The summed E-state index contributed by atoms with van der Waals surface area (Å²) < 4.78 is 28.9. The van der Waals surface area contributed by atoms with Crippen molar-refractivity contribution in [2.75, 3.05) is 4.72 Å². The Bertz CT molecular complexity index is 1450. The molecule has 0 atom stereocenters. The summed E-state index contributed by atoms with van der Waals surface area (Å²) in [6.07, 6.45) is 0. The van der Waals surface area contributed by atoms with Crippen LogP contribution < -0.4 is 10.0 Å². The lowest BCUT2D eigenvalue weighted by Gasteiger charge is -2.14. The third-order valence-electron chi connectivity index (χ3n) is 5.69. The van der Waals surface area contributed by atoms with E-state index in [1.165, 1.54) is 6.07 Å². The van der Waals surface area contributed by atoms with E-state index < -0.39 is 10.0 Å². The van der Waals surface area contributed by atoms with Gasteiger partial charge in [-0.2, -0.15) is 0 Å². The summed E-state index contributed by atoms with van der Waals surface area (Å²) in [5.41, 5.74) is 4.26. The maximum Gasteiger partial charge on any atom is 0.262 e. The predicted molar refractivity (Wildman–Crippen MR) is 133 cm³/mol. The summed E-state index contributed by atoms with van der Waals surface area (Å²) in [6, 6.07) is 24.2. The van der Waals surface area contributed by atoms with Crippen molar-refractivity contribution in [2.45, 2.75) is 32.2 Å². The minimum Gasteiger partial charge on any atom is -0.348 e. The lowest BCUT2D eigenvalue weighted by molar-refractivity contribution is 0.0951. The Kier molecular flexibility index (Phi) is 6.20. The molecule has 0 aliphatic carbocycles. The number of anilines is 1. The van der Waals surface area contributed by atoms with E-state index in [0.29, 0.717) is 23.4 Å². The van der Waals surface area contributed by atoms with Gasteiger partial charge in [-0.25, -0.2) is 8.42 Å². The van der Waals surface area contributed by atoms with Crippen LogP contribution in [0.5, 0.6) is 0 Å². The van der Waals surface area contributed by atoms with Crippen molar-refractivity contribution in [3.05, 3.63) is 107 Å². The fourth-order valence-electron chi connectivity index (χ4n) is 3.88. The lowest BCUT2D eigenvalue weighted by Crippen LogP contribution is -2.24. The van der Waals surface area contributed by atoms with Gasteiger partial charge in [-0.3, -0.25) is 9.52 Å². The summed E-state index contributed by atoms with van der Waals surface area (Å²) in [5, 5.41) is 5.09. The summed E-state index contributed by atoms with van der Waals surface area (Å²) in [5.74, 6) is -0.328. The van der Waals surface area contributed by atoms with E-state index in [9.17, 15) is 13.2 Å². The molecule has 0 aliphatic rings. The Balaban J connectivity index is 1.56. The van der Waals surface area contributed by atoms with Crippen molar-refractivity contribution < 1.29 is 13.2 Å². The van der Waals surface area contributed by atoms with Crippen molar-refractivity contribution in [2.24, 2.45) is 0 Å². The number of rotatable bonds is 6. The standard InChI is InChI=1S/C27H26N2O3S/c1-18-11-14-25(20(3)15-18)29-33(31,32)26-16-22(13-12-19(26)2)27(30)28-17-23-9-6-8-21-7-4-5-10-24(21)23/h4-16,29H,17H2,1-3H3,(H,28,30). The van der Waals surface area contributed by atoms with Gasteiger partial charge < -0.3 is 5.32 Å². The Hall–Kier alpha value is -3.64. The topological polar surface area (TPSA) is 75.3 Å². The van der Waals surface area contributed by atoms with Crippen LogP contribution in [-0.4, -0.2) is 14.3 Å². The van der Waals surface area contributed by atoms with Gasteiger partial charge in [0.1, 0.15) is 0 Å². The molecule has 168 valence electrons. The number of carbonyl (C=O) groups is 1. The number of carbonyl (C=O) groups excluding carboxylic acids is 1. The van der Waals surface area contributed by atoms with Gasteiger partial charge in [0.2, 0.25) is 0 Å². The first-order chi connectivity index (χ1) is 15.7. The second-order valence-corrected chi connectivity index (χ2v) is 9.88. The highest BCUT2D eigenvalue weighted by Crippen LogP contribution is 2.24. The molecule has 1 amide bonds. The minimum absolute atomic E-state index is 0.0836. The van der Waals surface area contributed by atoms with Crippen molar-refractivity contribution >= 4 is 32.4 Å². The molecule has 33 heavy (non-hydrogen) atoms. The molecule has 0 aliphatic heterocycles. The number of fused-ring (bicyclic) bond motifs is 1. The van der Waals surface area contributed by atoms with E-state index in [4.69, 9.17) is 0 Å². The molecule has 5 nitrogen and oxygen atoms in total. The highest BCUT2D eigenvalue weighted by molar-refractivity contribution is 7.92. The predicted octanol–water partition coefficient (Wildman–Crippen LogP) is 5.50. The van der Waals surface area contributed by atoms with E-state index >= 15 is 0 Å². The monoisotopic (exact) mass is 458 g/mol. The average molecular weight is 459 g/mol. The zero-order valence-electron chi connectivity index (χ0n) is 18.8. The quantitative estimate of drug-likeness (QED) is 0.401. The summed E-state index contributed by atoms with van der Waals surface area (Å²) in [4.78, 5) is 13.0. The van der Waals surface area contributed by atoms with Gasteiger partial charge in [0, 0.05) is 12.1 Å². The fourth-order valence-corrected chi connectivity index (χ4v) is 5.29. The number of amides is 1. The first-order valence-electron chi connectivity index (χ1n) is 10.7. The molecule has 6 heteroatoms. The van der Waals surface area contributed by atoms with Gasteiger partial charge >= 0.3 is 0 Å².